The van der Waals surface area contributed by atoms with Gasteiger partial charge in [0.05, 0.1) is 0 Å². The average Bonchev–Trinajstić information content (AvgIpc) is 2.51. The highest BCUT2D eigenvalue weighted by atomic mass is 14.9. The minimum atomic E-state index is 1.05. The predicted molar refractivity (Wildman–Crippen MR) is 77.0 cm³/mol. The van der Waals surface area contributed by atoms with Crippen LogP contribution in [0.15, 0.2) is 49.2 Å². The second kappa shape index (κ2) is 6.74. The monoisotopic (exact) mass is 227 g/mol. The van der Waals surface area contributed by atoms with Gasteiger partial charge in [0.2, 0.25) is 0 Å². The fourth-order valence-electron chi connectivity index (χ4n) is 1.88. The fraction of sp³-hybridized carbons (Fsp3) is 0.250. The molecule has 0 amide bonds. The molecule has 1 aromatic rings. The average molecular weight is 227 g/mol. The molecule has 17 heavy (non-hydrogen) atoms. The Morgan fingerprint density at radius 3 is 2.71 bits per heavy atom. The highest BCUT2D eigenvalue weighted by Crippen LogP contribution is 2.20. The quantitative estimate of drug-likeness (QED) is 0.633. The molecule has 0 aromatic carbocycles. The number of allylic oxidation sites excluding steroid dienone is 6. The number of nitrogens with zero attached hydrogens (tertiary/aromatic N) is 1. The maximum atomic E-state index is 3.46. The van der Waals surface area contributed by atoms with Crippen molar-refractivity contribution >= 4 is 6.08 Å². The van der Waals surface area contributed by atoms with E-state index in [1.165, 1.54) is 16.8 Å². The SMILES string of the molecule is C=C/C=C\C.Cc1cn(C)c2c1C=CC=CC2. The van der Waals surface area contributed by atoms with Crippen molar-refractivity contribution in [1.29, 1.82) is 0 Å². The van der Waals surface area contributed by atoms with E-state index in [1.54, 1.807) is 6.08 Å². The summed E-state index contributed by atoms with van der Waals surface area (Å²) in [4.78, 5) is 0. The number of hydrogen-bond acceptors (Lipinski definition) is 0. The van der Waals surface area contributed by atoms with Gasteiger partial charge in [0.1, 0.15) is 0 Å². The Bertz CT molecular complexity index is 456. The summed E-state index contributed by atoms with van der Waals surface area (Å²) >= 11 is 0. The van der Waals surface area contributed by atoms with E-state index in [9.17, 15) is 0 Å². The predicted octanol–water partition coefficient (Wildman–Crippen LogP) is 4.21. The van der Waals surface area contributed by atoms with E-state index in [1.807, 2.05) is 19.1 Å². The van der Waals surface area contributed by atoms with Crippen LogP contribution in [-0.4, -0.2) is 4.57 Å². The Morgan fingerprint density at radius 1 is 1.35 bits per heavy atom. The second-order valence-electron chi connectivity index (χ2n) is 4.04. The summed E-state index contributed by atoms with van der Waals surface area (Å²) in [6.07, 6.45) is 17.4. The van der Waals surface area contributed by atoms with Crippen molar-refractivity contribution in [3.63, 3.8) is 0 Å². The van der Waals surface area contributed by atoms with Gasteiger partial charge >= 0.3 is 0 Å². The molecule has 1 aliphatic carbocycles. The van der Waals surface area contributed by atoms with Crippen LogP contribution in [0.5, 0.6) is 0 Å². The lowest BCUT2D eigenvalue weighted by Crippen LogP contribution is -1.93. The number of fused-ring (bicyclic) bond motifs is 1. The third-order valence-corrected chi connectivity index (χ3v) is 2.70. The highest BCUT2D eigenvalue weighted by molar-refractivity contribution is 5.59. The van der Waals surface area contributed by atoms with Crippen molar-refractivity contribution in [2.24, 2.45) is 7.05 Å². The molecule has 0 fully saturated rings. The number of hydrogen-bond donors (Lipinski definition) is 0. The maximum Gasteiger partial charge on any atom is 0.0285 e. The molecule has 1 aromatic heterocycles. The van der Waals surface area contributed by atoms with Crippen molar-refractivity contribution in [2.45, 2.75) is 20.3 Å². The number of aromatic nitrogens is 1. The van der Waals surface area contributed by atoms with Gasteiger partial charge in [-0.05, 0) is 25.0 Å². The molecule has 0 N–H and O–H groups in total. The molecule has 1 heteroatoms. The second-order valence-corrected chi connectivity index (χ2v) is 4.04. The van der Waals surface area contributed by atoms with Crippen molar-refractivity contribution in [3.05, 3.63) is 66.1 Å². The standard InChI is InChI=1S/C11H13N.C5H8/c1-9-8-12(2)11-7-5-3-4-6-10(9)11;1-3-5-4-2/h3-6,8H,7H2,1-2H3;3-5H,1H2,2H3/b;5-4-. The first-order valence-electron chi connectivity index (χ1n) is 5.92. The molecule has 0 saturated heterocycles. The summed E-state index contributed by atoms with van der Waals surface area (Å²) in [6.45, 7) is 7.58. The van der Waals surface area contributed by atoms with E-state index in [0.29, 0.717) is 0 Å². The van der Waals surface area contributed by atoms with Gasteiger partial charge in [0.15, 0.2) is 0 Å². The van der Waals surface area contributed by atoms with Gasteiger partial charge in [-0.1, -0.05) is 49.1 Å². The zero-order valence-electron chi connectivity index (χ0n) is 11.0. The minimum Gasteiger partial charge on any atom is -0.353 e. The summed E-state index contributed by atoms with van der Waals surface area (Å²) in [5, 5.41) is 0. The number of aryl methyl sites for hydroxylation is 2. The molecule has 0 atom stereocenters. The zero-order valence-corrected chi connectivity index (χ0v) is 11.0. The van der Waals surface area contributed by atoms with E-state index in [4.69, 9.17) is 0 Å². The smallest absolute Gasteiger partial charge is 0.0285 e. The van der Waals surface area contributed by atoms with Crippen LogP contribution in [0.1, 0.15) is 23.7 Å². The van der Waals surface area contributed by atoms with Crippen molar-refractivity contribution in [2.75, 3.05) is 0 Å². The van der Waals surface area contributed by atoms with E-state index in [-0.39, 0.29) is 0 Å². The molecule has 1 nitrogen and oxygen atoms in total. The van der Waals surface area contributed by atoms with Crippen LogP contribution < -0.4 is 0 Å². The Labute approximate surface area is 104 Å². The first-order valence-corrected chi connectivity index (χ1v) is 5.92. The molecular formula is C16H21N. The normalized spacial score (nSPS) is 12.9. The van der Waals surface area contributed by atoms with Gasteiger partial charge in [0.25, 0.3) is 0 Å². The summed E-state index contributed by atoms with van der Waals surface area (Å²) in [5.74, 6) is 0. The highest BCUT2D eigenvalue weighted by Gasteiger charge is 2.07. The fourth-order valence-corrected chi connectivity index (χ4v) is 1.88. The maximum absolute atomic E-state index is 3.46. The van der Waals surface area contributed by atoms with Crippen LogP contribution in [0.2, 0.25) is 0 Å². The minimum absolute atomic E-state index is 1.05. The molecule has 2 rings (SSSR count). The Balaban J connectivity index is 0.000000249. The van der Waals surface area contributed by atoms with E-state index in [2.05, 4.69) is 55.6 Å². The number of rotatable bonds is 1. The third-order valence-electron chi connectivity index (χ3n) is 2.70. The van der Waals surface area contributed by atoms with E-state index < -0.39 is 0 Å². The van der Waals surface area contributed by atoms with E-state index in [0.717, 1.165) is 6.42 Å². The Morgan fingerprint density at radius 2 is 2.12 bits per heavy atom. The molecule has 0 aliphatic heterocycles. The van der Waals surface area contributed by atoms with Gasteiger partial charge in [-0.3, -0.25) is 0 Å². The van der Waals surface area contributed by atoms with Gasteiger partial charge in [-0.15, -0.1) is 0 Å². The topological polar surface area (TPSA) is 4.93 Å². The van der Waals surface area contributed by atoms with Crippen LogP contribution in [0.4, 0.5) is 0 Å². The summed E-state index contributed by atoms with van der Waals surface area (Å²) in [5.41, 5.74) is 4.17. The molecular weight excluding hydrogens is 206 g/mol. The van der Waals surface area contributed by atoms with Crippen LogP contribution in [0.3, 0.4) is 0 Å². The van der Waals surface area contributed by atoms with Crippen molar-refractivity contribution in [3.8, 4) is 0 Å². The first-order chi connectivity index (χ1) is 8.20. The summed E-state index contributed by atoms with van der Waals surface area (Å²) in [6, 6.07) is 0. The van der Waals surface area contributed by atoms with Crippen LogP contribution in [0, 0.1) is 6.92 Å². The first kappa shape index (κ1) is 13.3. The Hall–Kier alpha value is -1.76. The molecule has 0 spiro atoms. The third kappa shape index (κ3) is 3.63. The largest absolute Gasteiger partial charge is 0.353 e. The van der Waals surface area contributed by atoms with Crippen LogP contribution >= 0.6 is 0 Å². The molecule has 0 bridgehead atoms. The van der Waals surface area contributed by atoms with Gasteiger partial charge < -0.3 is 4.57 Å². The van der Waals surface area contributed by atoms with E-state index >= 15 is 0 Å². The molecule has 0 unspecified atom stereocenters. The zero-order chi connectivity index (χ0) is 12.7. The summed E-state index contributed by atoms with van der Waals surface area (Å²) < 4.78 is 2.21. The van der Waals surface area contributed by atoms with Crippen molar-refractivity contribution < 1.29 is 0 Å². The molecule has 0 saturated carbocycles. The molecule has 90 valence electrons. The van der Waals surface area contributed by atoms with Gasteiger partial charge in [-0.2, -0.15) is 0 Å². The summed E-state index contributed by atoms with van der Waals surface area (Å²) in [7, 11) is 2.11. The van der Waals surface area contributed by atoms with Gasteiger partial charge in [0, 0.05) is 25.4 Å². The van der Waals surface area contributed by atoms with Crippen LogP contribution in [0.25, 0.3) is 6.08 Å². The molecule has 1 aliphatic rings. The lowest BCUT2D eigenvalue weighted by Gasteiger charge is -1.99. The molecule has 1 heterocycles. The Kier molecular flexibility index (Phi) is 5.28. The lowest BCUT2D eigenvalue weighted by molar-refractivity contribution is 0.856. The van der Waals surface area contributed by atoms with Crippen LogP contribution in [-0.2, 0) is 13.5 Å². The molecule has 0 radical (unpaired) electrons. The van der Waals surface area contributed by atoms with Gasteiger partial charge in [-0.25, -0.2) is 0 Å². The van der Waals surface area contributed by atoms with Crippen molar-refractivity contribution in [1.82, 2.24) is 4.57 Å². The lowest BCUT2D eigenvalue weighted by atomic mass is 10.1.